The number of nitrogens with one attached hydrogen (secondary N) is 1. The molecule has 0 heterocycles. The van der Waals surface area contributed by atoms with Crippen molar-refractivity contribution in [1.82, 2.24) is 0 Å². The summed E-state index contributed by atoms with van der Waals surface area (Å²) in [5.74, 6) is 0.121. The Morgan fingerprint density at radius 3 is 1.92 bits per heavy atom. The van der Waals surface area contributed by atoms with Crippen molar-refractivity contribution in [2.75, 3.05) is 0 Å². The van der Waals surface area contributed by atoms with Gasteiger partial charge >= 0.3 is 28.4 Å². The van der Waals surface area contributed by atoms with Gasteiger partial charge in [0.15, 0.2) is 0 Å². The first-order valence-corrected chi connectivity index (χ1v) is 10.0. The second-order valence-corrected chi connectivity index (χ2v) is 5.45. The van der Waals surface area contributed by atoms with Crippen molar-refractivity contribution in [1.29, 1.82) is 5.41 Å². The molecule has 0 aliphatic carbocycles. The van der Waals surface area contributed by atoms with Crippen LogP contribution in [-0.4, -0.2) is 23.2 Å². The Balaban J connectivity index is 0.000000354. The number of amidine groups is 1. The standard InChI is InChI=1S/C7H8N2.2CH3.Ga.H/c8-7(9)6-4-2-1-3-5-6;;;;/h1-5H,(H3,8,9);2*1H3;;. The van der Waals surface area contributed by atoms with Crippen LogP contribution < -0.4 is 5.73 Å². The molecule has 64 valence electrons. The first-order valence-electron chi connectivity index (χ1n) is 4.11. The van der Waals surface area contributed by atoms with E-state index < -0.39 is 0 Å². The first kappa shape index (κ1) is 11.3. The number of hydrogen-bond donors (Lipinski definition) is 2. The van der Waals surface area contributed by atoms with E-state index in [2.05, 4.69) is 11.0 Å². The van der Waals surface area contributed by atoms with Gasteiger partial charge in [0.1, 0.15) is 5.84 Å². The maximum absolute atomic E-state index is 7.01. The molecule has 0 unspecified atom stereocenters. The van der Waals surface area contributed by atoms with Crippen molar-refractivity contribution in [2.24, 2.45) is 5.73 Å². The first-order chi connectivity index (χ1) is 5.72. The van der Waals surface area contributed by atoms with Gasteiger partial charge < -0.3 is 5.73 Å². The molecule has 0 radical (unpaired) electrons. The Kier molecular flexibility index (Phi) is 6.61. The average molecular weight is 221 g/mol. The molecule has 1 aromatic rings. The van der Waals surface area contributed by atoms with Gasteiger partial charge in [0.2, 0.25) is 0 Å². The van der Waals surface area contributed by atoms with Crippen molar-refractivity contribution in [2.45, 2.75) is 11.0 Å². The topological polar surface area (TPSA) is 49.9 Å². The summed E-state index contributed by atoms with van der Waals surface area (Å²) in [5, 5.41) is 7.01. The quantitative estimate of drug-likeness (QED) is 0.421. The Hall–Kier alpha value is -0.674. The fraction of sp³-hybridized carbons (Fsp3) is 0.222. The maximum atomic E-state index is 7.01. The van der Waals surface area contributed by atoms with Crippen LogP contribution in [0.3, 0.4) is 0 Å². The monoisotopic (exact) mass is 220 g/mol. The molecular formula is C9H15GaN2. The van der Waals surface area contributed by atoms with Crippen LogP contribution in [0.4, 0.5) is 0 Å². The van der Waals surface area contributed by atoms with Gasteiger partial charge in [-0.2, -0.15) is 0 Å². The molecule has 0 saturated carbocycles. The number of hydrogen-bond acceptors (Lipinski definition) is 1. The zero-order chi connectivity index (χ0) is 9.40. The van der Waals surface area contributed by atoms with Gasteiger partial charge in [-0.05, 0) is 0 Å². The summed E-state index contributed by atoms with van der Waals surface area (Å²) in [7, 11) is 0. The van der Waals surface area contributed by atoms with E-state index >= 15 is 0 Å². The summed E-state index contributed by atoms with van der Waals surface area (Å²) in [6, 6.07) is 9.23. The van der Waals surface area contributed by atoms with Gasteiger partial charge in [-0.3, -0.25) is 5.41 Å². The summed E-state index contributed by atoms with van der Waals surface area (Å²) in [4.78, 5) is 0. The molecule has 2 nitrogen and oxygen atoms in total. The Morgan fingerprint density at radius 2 is 1.67 bits per heavy atom. The Bertz CT molecular complexity index is 221. The van der Waals surface area contributed by atoms with Crippen LogP contribution in [0.1, 0.15) is 5.56 Å². The molecule has 0 aromatic heterocycles. The molecule has 0 spiro atoms. The number of rotatable bonds is 1. The predicted molar refractivity (Wildman–Crippen MR) is 56.3 cm³/mol. The van der Waals surface area contributed by atoms with Crippen LogP contribution in [0.5, 0.6) is 0 Å². The van der Waals surface area contributed by atoms with Gasteiger partial charge in [-0.25, -0.2) is 0 Å². The molecule has 1 aromatic carbocycles. The van der Waals surface area contributed by atoms with Gasteiger partial charge in [0, 0.05) is 5.56 Å². The van der Waals surface area contributed by atoms with Gasteiger partial charge in [0.05, 0.1) is 0 Å². The van der Waals surface area contributed by atoms with Crippen molar-refractivity contribution in [3.8, 4) is 0 Å². The Morgan fingerprint density at radius 1 is 1.25 bits per heavy atom. The second-order valence-electron chi connectivity index (χ2n) is 2.49. The zero-order valence-corrected chi connectivity index (χ0v) is 10.6. The number of benzene rings is 1. The molecule has 0 bridgehead atoms. The van der Waals surface area contributed by atoms with Crippen molar-refractivity contribution < 1.29 is 0 Å². The van der Waals surface area contributed by atoms with Crippen LogP contribution in [0.2, 0.25) is 11.0 Å². The molecule has 0 aliphatic rings. The van der Waals surface area contributed by atoms with Gasteiger partial charge in [-0.1, -0.05) is 30.3 Å². The third kappa shape index (κ3) is 5.04. The summed E-state index contributed by atoms with van der Waals surface area (Å²) in [5.41, 5.74) is 10.6. The van der Waals surface area contributed by atoms with E-state index in [1.807, 2.05) is 30.3 Å². The molecule has 0 aliphatic heterocycles. The van der Waals surface area contributed by atoms with E-state index in [1.54, 1.807) is 0 Å². The Labute approximate surface area is 81.5 Å². The van der Waals surface area contributed by atoms with Gasteiger partial charge in [-0.15, -0.1) is 0 Å². The van der Waals surface area contributed by atoms with Crippen LogP contribution in [0, 0.1) is 5.41 Å². The molecule has 0 atom stereocenters. The predicted octanol–water partition coefficient (Wildman–Crippen LogP) is 1.49. The van der Waals surface area contributed by atoms with Crippen molar-refractivity contribution in [3.63, 3.8) is 0 Å². The van der Waals surface area contributed by atoms with Crippen LogP contribution in [0.15, 0.2) is 30.3 Å². The molecule has 12 heavy (non-hydrogen) atoms. The minimum absolute atomic E-state index is 0.121. The molecule has 0 amide bonds. The van der Waals surface area contributed by atoms with E-state index in [0.717, 1.165) is 5.56 Å². The average Bonchev–Trinajstić information content (AvgIpc) is 2.07. The van der Waals surface area contributed by atoms with E-state index in [4.69, 9.17) is 11.1 Å². The summed E-state index contributed by atoms with van der Waals surface area (Å²) in [6.45, 7) is 0. The van der Waals surface area contributed by atoms with Gasteiger partial charge in [0.25, 0.3) is 0 Å². The second kappa shape index (κ2) is 7.00. The summed E-state index contributed by atoms with van der Waals surface area (Å²) >= 11 is 0.125. The van der Waals surface area contributed by atoms with Crippen LogP contribution >= 0.6 is 0 Å². The third-order valence-corrected chi connectivity index (χ3v) is 1.08. The summed E-state index contributed by atoms with van der Waals surface area (Å²) in [6.07, 6.45) is 0. The van der Waals surface area contributed by atoms with E-state index in [1.165, 1.54) is 0 Å². The van der Waals surface area contributed by atoms with E-state index in [9.17, 15) is 0 Å². The van der Waals surface area contributed by atoms with Crippen molar-refractivity contribution in [3.05, 3.63) is 35.9 Å². The molecule has 3 N–H and O–H groups in total. The number of nitrogen functional groups attached to an aromatic ring is 1. The number of nitrogens with two attached hydrogens (primary N) is 1. The normalized spacial score (nSPS) is 7.83. The van der Waals surface area contributed by atoms with Crippen LogP contribution in [-0.2, 0) is 0 Å². The minimum atomic E-state index is 0.121. The van der Waals surface area contributed by atoms with E-state index in [-0.39, 0.29) is 23.2 Å². The SMILES string of the molecule is N=C(N)c1ccccc1.[CH3][GaH][CH3]. The molecule has 3 heteroatoms. The molecular weight excluding hydrogens is 206 g/mol. The zero-order valence-electron chi connectivity index (χ0n) is 7.67. The third-order valence-electron chi connectivity index (χ3n) is 1.08. The molecule has 1 rings (SSSR count). The van der Waals surface area contributed by atoms with Crippen molar-refractivity contribution >= 4 is 23.2 Å². The summed E-state index contributed by atoms with van der Waals surface area (Å²) < 4.78 is 0. The van der Waals surface area contributed by atoms with E-state index in [0.29, 0.717) is 0 Å². The fourth-order valence-corrected chi connectivity index (χ4v) is 0.618. The molecule has 0 saturated heterocycles. The fourth-order valence-electron chi connectivity index (χ4n) is 0.618. The van der Waals surface area contributed by atoms with Crippen LogP contribution in [0.25, 0.3) is 0 Å². The molecule has 0 fully saturated rings.